The molecular weight excluding hydrogens is 331 g/mol. The van der Waals surface area contributed by atoms with Gasteiger partial charge in [-0.25, -0.2) is 9.82 Å². The maximum absolute atomic E-state index is 13.5. The van der Waals surface area contributed by atoms with Crippen LogP contribution in [0.15, 0.2) is 59.7 Å². The van der Waals surface area contributed by atoms with Crippen molar-refractivity contribution in [2.75, 3.05) is 0 Å². The number of hydrogen-bond donors (Lipinski definition) is 1. The normalized spacial score (nSPS) is 11.0. The topological polar surface area (TPSA) is 59.3 Å². The Bertz CT molecular complexity index is 962. The SMILES string of the molecule is Cc1cc(C)n(Cc2cccc(C(=O)N/N=C\c3ccccc3F)c2)n1. The molecule has 0 aliphatic rings. The number of carbonyl (C=O) groups is 1. The molecule has 0 saturated heterocycles. The molecule has 1 aromatic heterocycles. The highest BCUT2D eigenvalue weighted by atomic mass is 19.1. The Morgan fingerprint density at radius 3 is 2.73 bits per heavy atom. The average Bonchev–Trinajstić information content (AvgIpc) is 2.94. The van der Waals surface area contributed by atoms with Crippen molar-refractivity contribution in [3.05, 3.63) is 88.5 Å². The van der Waals surface area contributed by atoms with Gasteiger partial charge in [0.15, 0.2) is 0 Å². The van der Waals surface area contributed by atoms with E-state index in [4.69, 9.17) is 0 Å². The number of aryl methyl sites for hydroxylation is 2. The summed E-state index contributed by atoms with van der Waals surface area (Å²) in [5.74, 6) is -0.745. The van der Waals surface area contributed by atoms with E-state index in [-0.39, 0.29) is 5.91 Å². The van der Waals surface area contributed by atoms with Crippen molar-refractivity contribution in [3.8, 4) is 0 Å². The van der Waals surface area contributed by atoms with E-state index >= 15 is 0 Å². The monoisotopic (exact) mass is 350 g/mol. The van der Waals surface area contributed by atoms with Crippen LogP contribution in [0.25, 0.3) is 0 Å². The third-order valence-corrected chi connectivity index (χ3v) is 3.90. The quantitative estimate of drug-likeness (QED) is 0.566. The largest absolute Gasteiger partial charge is 0.271 e. The molecule has 0 spiro atoms. The number of rotatable bonds is 5. The van der Waals surface area contributed by atoms with E-state index in [2.05, 4.69) is 15.6 Å². The van der Waals surface area contributed by atoms with E-state index in [1.807, 2.05) is 36.7 Å². The summed E-state index contributed by atoms with van der Waals surface area (Å²) in [6, 6.07) is 15.5. The predicted molar refractivity (Wildman–Crippen MR) is 98.7 cm³/mol. The molecule has 2 aromatic carbocycles. The second-order valence-electron chi connectivity index (χ2n) is 6.01. The number of halogens is 1. The van der Waals surface area contributed by atoms with Gasteiger partial charge in [-0.2, -0.15) is 10.2 Å². The van der Waals surface area contributed by atoms with E-state index < -0.39 is 5.82 Å². The minimum absolute atomic E-state index is 0.311. The summed E-state index contributed by atoms with van der Waals surface area (Å²) < 4.78 is 15.4. The van der Waals surface area contributed by atoms with Gasteiger partial charge in [0.2, 0.25) is 0 Å². The molecule has 0 aliphatic heterocycles. The number of nitrogens with one attached hydrogen (secondary N) is 1. The summed E-state index contributed by atoms with van der Waals surface area (Å²) in [6.45, 7) is 4.52. The number of nitrogens with zero attached hydrogens (tertiary/aromatic N) is 3. The first-order chi connectivity index (χ1) is 12.5. The van der Waals surface area contributed by atoms with Crippen molar-refractivity contribution in [1.29, 1.82) is 0 Å². The first-order valence-corrected chi connectivity index (χ1v) is 8.21. The van der Waals surface area contributed by atoms with Crippen LogP contribution in [0.3, 0.4) is 0 Å². The molecule has 0 aliphatic carbocycles. The highest BCUT2D eigenvalue weighted by molar-refractivity contribution is 5.95. The Labute approximate surface area is 151 Å². The van der Waals surface area contributed by atoms with Crippen LogP contribution in [0.1, 0.15) is 32.9 Å². The van der Waals surface area contributed by atoms with Crippen LogP contribution in [0.5, 0.6) is 0 Å². The van der Waals surface area contributed by atoms with E-state index in [1.165, 1.54) is 12.3 Å². The summed E-state index contributed by atoms with van der Waals surface area (Å²) in [5.41, 5.74) is 6.19. The molecule has 3 aromatic rings. The van der Waals surface area contributed by atoms with Gasteiger partial charge in [-0.15, -0.1) is 0 Å². The molecule has 0 radical (unpaired) electrons. The molecule has 3 rings (SSSR count). The maximum Gasteiger partial charge on any atom is 0.271 e. The summed E-state index contributed by atoms with van der Waals surface area (Å²) >= 11 is 0. The highest BCUT2D eigenvalue weighted by Gasteiger charge is 2.07. The van der Waals surface area contributed by atoms with Crippen molar-refractivity contribution in [2.24, 2.45) is 5.10 Å². The van der Waals surface area contributed by atoms with Crippen LogP contribution < -0.4 is 5.43 Å². The molecule has 1 heterocycles. The summed E-state index contributed by atoms with van der Waals surface area (Å²) in [5, 5.41) is 8.26. The van der Waals surface area contributed by atoms with Crippen LogP contribution >= 0.6 is 0 Å². The standard InChI is InChI=1S/C20H19FN4O/c1-14-10-15(2)25(24-14)13-16-6-5-8-17(11-16)20(26)23-22-12-18-7-3-4-9-19(18)21/h3-12H,13H2,1-2H3,(H,23,26)/b22-12-. The first-order valence-electron chi connectivity index (χ1n) is 8.21. The fourth-order valence-electron chi connectivity index (χ4n) is 2.62. The van der Waals surface area contributed by atoms with Crippen molar-refractivity contribution >= 4 is 12.1 Å². The van der Waals surface area contributed by atoms with Crippen molar-refractivity contribution in [1.82, 2.24) is 15.2 Å². The van der Waals surface area contributed by atoms with Gasteiger partial charge in [-0.05, 0) is 43.7 Å². The Morgan fingerprint density at radius 2 is 2.00 bits per heavy atom. The Kier molecular flexibility index (Phi) is 5.22. The van der Waals surface area contributed by atoms with Gasteiger partial charge in [0.05, 0.1) is 18.5 Å². The van der Waals surface area contributed by atoms with Crippen molar-refractivity contribution < 1.29 is 9.18 Å². The summed E-state index contributed by atoms with van der Waals surface area (Å²) in [4.78, 5) is 12.3. The minimum Gasteiger partial charge on any atom is -0.267 e. The third-order valence-electron chi connectivity index (χ3n) is 3.90. The third kappa shape index (κ3) is 4.22. The lowest BCUT2D eigenvalue weighted by atomic mass is 10.1. The van der Waals surface area contributed by atoms with Gasteiger partial charge in [0.1, 0.15) is 5.82 Å². The first kappa shape index (κ1) is 17.5. The second-order valence-corrected chi connectivity index (χ2v) is 6.01. The van der Waals surface area contributed by atoms with E-state index in [9.17, 15) is 9.18 Å². The molecule has 5 nitrogen and oxygen atoms in total. The van der Waals surface area contributed by atoms with Crippen LogP contribution in [0.2, 0.25) is 0 Å². The molecule has 6 heteroatoms. The molecule has 0 atom stereocenters. The molecule has 26 heavy (non-hydrogen) atoms. The molecule has 132 valence electrons. The number of carbonyl (C=O) groups excluding carboxylic acids is 1. The summed E-state index contributed by atoms with van der Waals surface area (Å²) in [6.07, 6.45) is 1.28. The lowest BCUT2D eigenvalue weighted by Crippen LogP contribution is -2.18. The van der Waals surface area contributed by atoms with E-state index in [0.717, 1.165) is 17.0 Å². The van der Waals surface area contributed by atoms with Crippen molar-refractivity contribution in [2.45, 2.75) is 20.4 Å². The number of hydrogen-bond acceptors (Lipinski definition) is 3. The zero-order valence-corrected chi connectivity index (χ0v) is 14.6. The van der Waals surface area contributed by atoms with Crippen molar-refractivity contribution in [3.63, 3.8) is 0 Å². The Balaban J connectivity index is 1.68. The molecule has 0 unspecified atom stereocenters. The predicted octanol–water partition coefficient (Wildman–Crippen LogP) is 3.45. The number of benzene rings is 2. The Hall–Kier alpha value is -3.28. The van der Waals surface area contributed by atoms with Gasteiger partial charge in [-0.1, -0.05) is 30.3 Å². The van der Waals surface area contributed by atoms with Crippen LogP contribution in [0, 0.1) is 19.7 Å². The Morgan fingerprint density at radius 1 is 1.19 bits per heavy atom. The van der Waals surface area contributed by atoms with Gasteiger partial charge in [0, 0.05) is 16.8 Å². The van der Waals surface area contributed by atoms with Gasteiger partial charge < -0.3 is 0 Å². The summed E-state index contributed by atoms with van der Waals surface area (Å²) in [7, 11) is 0. The molecule has 1 N–H and O–H groups in total. The zero-order chi connectivity index (χ0) is 18.5. The van der Waals surface area contributed by atoms with Crippen LogP contribution in [-0.4, -0.2) is 21.9 Å². The number of hydrazone groups is 1. The lowest BCUT2D eigenvalue weighted by molar-refractivity contribution is 0.0955. The highest BCUT2D eigenvalue weighted by Crippen LogP contribution is 2.10. The molecular formula is C20H19FN4O. The van der Waals surface area contributed by atoms with E-state index in [0.29, 0.717) is 17.7 Å². The van der Waals surface area contributed by atoms with Crippen LogP contribution in [0.4, 0.5) is 4.39 Å². The second kappa shape index (κ2) is 7.74. The minimum atomic E-state index is -0.391. The zero-order valence-electron chi connectivity index (χ0n) is 14.6. The van der Waals surface area contributed by atoms with Gasteiger partial charge in [-0.3, -0.25) is 9.48 Å². The fourth-order valence-corrected chi connectivity index (χ4v) is 2.62. The molecule has 0 bridgehead atoms. The fraction of sp³-hybridized carbons (Fsp3) is 0.150. The number of aromatic nitrogens is 2. The molecule has 0 saturated carbocycles. The van der Waals surface area contributed by atoms with Crippen LogP contribution in [-0.2, 0) is 6.54 Å². The molecule has 0 fully saturated rings. The smallest absolute Gasteiger partial charge is 0.267 e. The van der Waals surface area contributed by atoms with E-state index in [1.54, 1.807) is 30.3 Å². The average molecular weight is 350 g/mol. The lowest BCUT2D eigenvalue weighted by Gasteiger charge is -2.06. The van der Waals surface area contributed by atoms with Gasteiger partial charge in [0.25, 0.3) is 5.91 Å². The van der Waals surface area contributed by atoms with Gasteiger partial charge >= 0.3 is 0 Å². The maximum atomic E-state index is 13.5. The number of amides is 1. The molecule has 1 amide bonds.